The first kappa shape index (κ1) is 14.8. The summed E-state index contributed by atoms with van der Waals surface area (Å²) in [5.74, 6) is 1.60. The van der Waals surface area contributed by atoms with Crippen molar-refractivity contribution in [2.24, 2.45) is 0 Å². The summed E-state index contributed by atoms with van der Waals surface area (Å²) in [5.41, 5.74) is 12.4. The Bertz CT molecular complexity index is 662. The molecule has 116 valence electrons. The maximum absolute atomic E-state index is 5.99. The third-order valence-electron chi connectivity index (χ3n) is 3.69. The lowest BCUT2D eigenvalue weighted by atomic mass is 10.0. The largest absolute Gasteiger partial charge is 0.384 e. The average Bonchev–Trinajstić information content (AvgIpc) is 2.46. The molecule has 0 amide bonds. The van der Waals surface area contributed by atoms with E-state index in [2.05, 4.69) is 26.8 Å². The van der Waals surface area contributed by atoms with Crippen LogP contribution in [0.4, 0.5) is 17.5 Å². The quantitative estimate of drug-likeness (QED) is 0.811. The van der Waals surface area contributed by atoms with E-state index in [-0.39, 0.29) is 12.1 Å². The van der Waals surface area contributed by atoms with Crippen LogP contribution in [0, 0.1) is 0 Å². The Hall–Kier alpha value is -2.12. The average molecular weight is 321 g/mol. The zero-order valence-corrected chi connectivity index (χ0v) is 12.9. The van der Waals surface area contributed by atoms with Crippen molar-refractivity contribution in [3.8, 4) is 0 Å². The molecule has 0 spiro atoms. The van der Waals surface area contributed by atoms with Crippen molar-refractivity contribution in [3.63, 3.8) is 0 Å². The van der Waals surface area contributed by atoms with Crippen molar-refractivity contribution in [3.05, 3.63) is 35.2 Å². The molecule has 0 unspecified atom stereocenters. The van der Waals surface area contributed by atoms with Gasteiger partial charge in [-0.05, 0) is 24.6 Å². The Kier molecular flexibility index (Phi) is 4.00. The van der Waals surface area contributed by atoms with Gasteiger partial charge < -0.3 is 21.1 Å². The van der Waals surface area contributed by atoms with Crippen LogP contribution in [0.15, 0.2) is 24.5 Å². The van der Waals surface area contributed by atoms with Crippen LogP contribution < -0.4 is 16.4 Å². The predicted molar refractivity (Wildman–Crippen MR) is 85.6 cm³/mol. The van der Waals surface area contributed by atoms with Crippen molar-refractivity contribution in [2.75, 3.05) is 29.5 Å². The number of aromatic nitrogens is 3. The topological polar surface area (TPSA) is 103 Å². The first-order valence-electron chi connectivity index (χ1n) is 6.93. The molecule has 1 aliphatic rings. The summed E-state index contributed by atoms with van der Waals surface area (Å²) in [6.45, 7) is 3.35. The number of anilines is 3. The van der Waals surface area contributed by atoms with Gasteiger partial charge in [-0.1, -0.05) is 11.6 Å². The number of nitrogens with two attached hydrogens (primary N) is 2. The Morgan fingerprint density at radius 3 is 2.77 bits per heavy atom. The van der Waals surface area contributed by atoms with Gasteiger partial charge in [-0.25, -0.2) is 15.0 Å². The molecule has 3 heterocycles. The standard InChI is InChI=1S/C14H17ClN6O/c1-8-14(9-4-10(15)20-12(17)5-9)22-3-2-21(8)13-6-11(16)18-7-19-13/h4-8,14H,2-3H2,1H3,(H2,17,20)(H2,16,18,19)/t8-,14+/m1/s1. The number of nitrogens with zero attached hydrogens (tertiary/aromatic N) is 4. The fourth-order valence-corrected chi connectivity index (χ4v) is 2.93. The number of nitrogen functional groups attached to an aromatic ring is 2. The zero-order chi connectivity index (χ0) is 15.7. The maximum atomic E-state index is 5.99. The van der Waals surface area contributed by atoms with E-state index < -0.39 is 0 Å². The van der Waals surface area contributed by atoms with Gasteiger partial charge in [-0.3, -0.25) is 0 Å². The van der Waals surface area contributed by atoms with Gasteiger partial charge >= 0.3 is 0 Å². The molecule has 1 saturated heterocycles. The van der Waals surface area contributed by atoms with Crippen LogP contribution in [-0.2, 0) is 4.74 Å². The van der Waals surface area contributed by atoms with E-state index in [1.807, 2.05) is 0 Å². The van der Waals surface area contributed by atoms with Crippen LogP contribution in [0.2, 0.25) is 5.15 Å². The summed E-state index contributed by atoms with van der Waals surface area (Å²) in [6, 6.07) is 5.36. The summed E-state index contributed by atoms with van der Waals surface area (Å²) >= 11 is 5.99. The van der Waals surface area contributed by atoms with E-state index in [4.69, 9.17) is 27.8 Å². The molecule has 0 aromatic carbocycles. The van der Waals surface area contributed by atoms with E-state index in [1.54, 1.807) is 18.2 Å². The Labute approximate surface area is 133 Å². The Morgan fingerprint density at radius 1 is 1.23 bits per heavy atom. The molecule has 0 radical (unpaired) electrons. The van der Waals surface area contributed by atoms with Crippen LogP contribution in [0.5, 0.6) is 0 Å². The minimum atomic E-state index is -0.173. The van der Waals surface area contributed by atoms with Crippen LogP contribution in [-0.4, -0.2) is 34.1 Å². The Morgan fingerprint density at radius 2 is 2.05 bits per heavy atom. The molecule has 0 bridgehead atoms. The highest BCUT2D eigenvalue weighted by atomic mass is 35.5. The monoisotopic (exact) mass is 320 g/mol. The van der Waals surface area contributed by atoms with Crippen molar-refractivity contribution >= 4 is 29.1 Å². The number of pyridine rings is 1. The highest BCUT2D eigenvalue weighted by Gasteiger charge is 2.31. The fourth-order valence-electron chi connectivity index (χ4n) is 2.70. The molecular weight excluding hydrogens is 304 g/mol. The second-order valence-electron chi connectivity index (χ2n) is 5.17. The second-order valence-corrected chi connectivity index (χ2v) is 5.56. The van der Waals surface area contributed by atoms with Gasteiger partial charge in [0.1, 0.15) is 35.0 Å². The van der Waals surface area contributed by atoms with Crippen LogP contribution in [0.25, 0.3) is 0 Å². The van der Waals surface area contributed by atoms with E-state index >= 15 is 0 Å². The molecular formula is C14H17ClN6O. The van der Waals surface area contributed by atoms with Gasteiger partial charge in [0.25, 0.3) is 0 Å². The molecule has 4 N–H and O–H groups in total. The van der Waals surface area contributed by atoms with Gasteiger partial charge in [0.05, 0.1) is 12.6 Å². The lowest BCUT2D eigenvalue weighted by molar-refractivity contribution is 0.0142. The third-order valence-corrected chi connectivity index (χ3v) is 3.89. The summed E-state index contributed by atoms with van der Waals surface area (Å²) in [5, 5.41) is 0.356. The smallest absolute Gasteiger partial charge is 0.134 e. The van der Waals surface area contributed by atoms with Crippen molar-refractivity contribution < 1.29 is 4.74 Å². The SMILES string of the molecule is C[C@@H]1[C@@H](c2cc(N)nc(Cl)c2)OCCN1c1cc(N)ncn1. The van der Waals surface area contributed by atoms with Crippen molar-refractivity contribution in [1.29, 1.82) is 0 Å². The second kappa shape index (κ2) is 5.94. The number of ether oxygens (including phenoxy) is 1. The van der Waals surface area contributed by atoms with Gasteiger partial charge in [0.2, 0.25) is 0 Å². The number of rotatable bonds is 2. The molecule has 22 heavy (non-hydrogen) atoms. The minimum Gasteiger partial charge on any atom is -0.384 e. The Balaban J connectivity index is 1.91. The molecule has 0 saturated carbocycles. The highest BCUT2D eigenvalue weighted by molar-refractivity contribution is 6.29. The molecule has 2 aromatic heterocycles. The van der Waals surface area contributed by atoms with Gasteiger partial charge in [0, 0.05) is 12.6 Å². The van der Waals surface area contributed by atoms with Crippen molar-refractivity contribution in [1.82, 2.24) is 15.0 Å². The minimum absolute atomic E-state index is 0.0425. The number of morpholine rings is 1. The van der Waals surface area contributed by atoms with Gasteiger partial charge in [-0.2, -0.15) is 0 Å². The highest BCUT2D eigenvalue weighted by Crippen LogP contribution is 2.32. The van der Waals surface area contributed by atoms with Crippen LogP contribution >= 0.6 is 11.6 Å². The number of halogens is 1. The summed E-state index contributed by atoms with van der Waals surface area (Å²) < 4.78 is 5.91. The number of hydrogen-bond acceptors (Lipinski definition) is 7. The normalized spacial score (nSPS) is 21.8. The summed E-state index contributed by atoms with van der Waals surface area (Å²) in [6.07, 6.45) is 1.29. The van der Waals surface area contributed by atoms with E-state index in [1.165, 1.54) is 6.33 Å². The van der Waals surface area contributed by atoms with E-state index in [0.717, 1.165) is 17.9 Å². The molecule has 2 aromatic rings. The van der Waals surface area contributed by atoms with Crippen LogP contribution in [0.1, 0.15) is 18.6 Å². The number of hydrogen-bond donors (Lipinski definition) is 2. The first-order valence-corrected chi connectivity index (χ1v) is 7.31. The summed E-state index contributed by atoms with van der Waals surface area (Å²) in [4.78, 5) is 14.3. The molecule has 8 heteroatoms. The molecule has 1 aliphatic heterocycles. The van der Waals surface area contributed by atoms with Crippen LogP contribution in [0.3, 0.4) is 0 Å². The van der Waals surface area contributed by atoms with E-state index in [0.29, 0.717) is 23.4 Å². The lowest BCUT2D eigenvalue weighted by Crippen LogP contribution is -2.46. The van der Waals surface area contributed by atoms with Gasteiger partial charge in [0.15, 0.2) is 0 Å². The molecule has 1 fully saturated rings. The molecule has 7 nitrogen and oxygen atoms in total. The maximum Gasteiger partial charge on any atom is 0.134 e. The predicted octanol–water partition coefficient (Wildman–Crippen LogP) is 1.66. The van der Waals surface area contributed by atoms with Gasteiger partial charge in [-0.15, -0.1) is 0 Å². The molecule has 2 atom stereocenters. The molecule has 3 rings (SSSR count). The molecule has 0 aliphatic carbocycles. The first-order chi connectivity index (χ1) is 10.5. The third kappa shape index (κ3) is 2.90. The summed E-state index contributed by atoms with van der Waals surface area (Å²) in [7, 11) is 0. The zero-order valence-electron chi connectivity index (χ0n) is 12.1. The van der Waals surface area contributed by atoms with E-state index in [9.17, 15) is 0 Å². The van der Waals surface area contributed by atoms with Crippen molar-refractivity contribution in [2.45, 2.75) is 19.1 Å². The fraction of sp³-hybridized carbons (Fsp3) is 0.357. The lowest BCUT2D eigenvalue weighted by Gasteiger charge is -2.40.